The van der Waals surface area contributed by atoms with Crippen molar-refractivity contribution in [1.29, 1.82) is 5.26 Å². The Labute approximate surface area is 117 Å². The number of nitriles is 1. The standard InChI is InChI=1S/C14H17N3O3/c1-17(9-7-14(19)20)10-13(18)16-12-4-2-11(3-5-12)6-8-15/h2-5H,6-7,9-10H2,1H3,(H,16,18)(H,19,20). The third kappa shape index (κ3) is 5.98. The molecule has 0 saturated heterocycles. The van der Waals surface area contributed by atoms with E-state index >= 15 is 0 Å². The molecule has 2 N–H and O–H groups in total. The lowest BCUT2D eigenvalue weighted by atomic mass is 10.1. The van der Waals surface area contributed by atoms with Gasteiger partial charge in [0.2, 0.25) is 5.91 Å². The fraction of sp³-hybridized carbons (Fsp3) is 0.357. The van der Waals surface area contributed by atoms with Crippen LogP contribution < -0.4 is 5.32 Å². The topological polar surface area (TPSA) is 93.4 Å². The Morgan fingerprint density at radius 1 is 1.35 bits per heavy atom. The average Bonchev–Trinajstić information content (AvgIpc) is 2.39. The summed E-state index contributed by atoms with van der Waals surface area (Å²) in [5.74, 6) is -1.09. The summed E-state index contributed by atoms with van der Waals surface area (Å²) < 4.78 is 0. The van der Waals surface area contributed by atoms with Gasteiger partial charge in [0.15, 0.2) is 0 Å². The maximum atomic E-state index is 11.7. The zero-order valence-corrected chi connectivity index (χ0v) is 11.3. The van der Waals surface area contributed by atoms with Crippen molar-refractivity contribution in [1.82, 2.24) is 4.90 Å². The molecule has 0 atom stereocenters. The largest absolute Gasteiger partial charge is 0.481 e. The number of rotatable bonds is 7. The van der Waals surface area contributed by atoms with Crippen molar-refractivity contribution < 1.29 is 14.7 Å². The van der Waals surface area contributed by atoms with E-state index in [0.29, 0.717) is 18.7 Å². The van der Waals surface area contributed by atoms with Gasteiger partial charge in [-0.2, -0.15) is 5.26 Å². The Morgan fingerprint density at radius 2 is 2.00 bits per heavy atom. The summed E-state index contributed by atoms with van der Waals surface area (Å²) in [6.07, 6.45) is 0.346. The second-order valence-electron chi connectivity index (χ2n) is 4.46. The lowest BCUT2D eigenvalue weighted by Crippen LogP contribution is -2.31. The van der Waals surface area contributed by atoms with Crippen molar-refractivity contribution in [3.05, 3.63) is 29.8 Å². The van der Waals surface area contributed by atoms with E-state index in [9.17, 15) is 9.59 Å². The van der Waals surface area contributed by atoms with E-state index in [-0.39, 0.29) is 18.9 Å². The predicted molar refractivity (Wildman–Crippen MR) is 74.1 cm³/mol. The van der Waals surface area contributed by atoms with E-state index in [0.717, 1.165) is 5.56 Å². The lowest BCUT2D eigenvalue weighted by molar-refractivity contribution is -0.137. The highest BCUT2D eigenvalue weighted by Gasteiger charge is 2.08. The molecule has 0 radical (unpaired) electrons. The summed E-state index contributed by atoms with van der Waals surface area (Å²) in [7, 11) is 1.69. The van der Waals surface area contributed by atoms with Gasteiger partial charge in [0.1, 0.15) is 0 Å². The summed E-state index contributed by atoms with van der Waals surface area (Å²) in [6.45, 7) is 0.455. The molecule has 0 aliphatic heterocycles. The molecule has 1 aromatic rings. The van der Waals surface area contributed by atoms with Crippen molar-refractivity contribution >= 4 is 17.6 Å². The van der Waals surface area contributed by atoms with Gasteiger partial charge in [-0.15, -0.1) is 0 Å². The highest BCUT2D eigenvalue weighted by Crippen LogP contribution is 2.09. The van der Waals surface area contributed by atoms with Crippen LogP contribution in [0.25, 0.3) is 0 Å². The molecule has 0 aliphatic rings. The van der Waals surface area contributed by atoms with Crippen LogP contribution in [0.1, 0.15) is 12.0 Å². The van der Waals surface area contributed by atoms with Crippen LogP contribution in [-0.4, -0.2) is 42.0 Å². The summed E-state index contributed by atoms with van der Waals surface area (Å²) in [4.78, 5) is 23.8. The molecular weight excluding hydrogens is 258 g/mol. The molecule has 20 heavy (non-hydrogen) atoms. The van der Waals surface area contributed by atoms with Crippen molar-refractivity contribution in [3.63, 3.8) is 0 Å². The second kappa shape index (κ2) is 7.92. The van der Waals surface area contributed by atoms with Gasteiger partial charge in [-0.3, -0.25) is 14.5 Å². The van der Waals surface area contributed by atoms with Gasteiger partial charge in [0, 0.05) is 12.2 Å². The first kappa shape index (κ1) is 15.7. The Morgan fingerprint density at radius 3 is 2.55 bits per heavy atom. The summed E-state index contributed by atoms with van der Waals surface area (Å²) >= 11 is 0. The highest BCUT2D eigenvalue weighted by molar-refractivity contribution is 5.92. The van der Waals surface area contributed by atoms with Gasteiger partial charge in [-0.1, -0.05) is 12.1 Å². The quantitative estimate of drug-likeness (QED) is 0.777. The number of hydrogen-bond donors (Lipinski definition) is 2. The maximum Gasteiger partial charge on any atom is 0.304 e. The minimum absolute atomic E-state index is 0.00658. The summed E-state index contributed by atoms with van der Waals surface area (Å²) in [5, 5.41) is 19.8. The number of carboxylic acid groups (broad SMARTS) is 1. The molecule has 0 heterocycles. The van der Waals surface area contributed by atoms with Crippen LogP contribution in [0.5, 0.6) is 0 Å². The Hall–Kier alpha value is -2.39. The van der Waals surface area contributed by atoms with E-state index in [1.165, 1.54) is 0 Å². The van der Waals surface area contributed by atoms with Crippen LogP contribution in [0, 0.1) is 11.3 Å². The van der Waals surface area contributed by atoms with Crippen LogP contribution in [0.2, 0.25) is 0 Å². The number of carbonyl (C=O) groups excluding carboxylic acids is 1. The number of amides is 1. The van der Waals surface area contributed by atoms with Gasteiger partial charge >= 0.3 is 5.97 Å². The molecule has 0 saturated carbocycles. The third-order valence-electron chi connectivity index (χ3n) is 2.64. The summed E-state index contributed by atoms with van der Waals surface area (Å²) in [5.41, 5.74) is 1.55. The fourth-order valence-electron chi connectivity index (χ4n) is 1.61. The number of carbonyl (C=O) groups is 2. The number of nitrogens with zero attached hydrogens (tertiary/aromatic N) is 2. The smallest absolute Gasteiger partial charge is 0.304 e. The Balaban J connectivity index is 2.42. The lowest BCUT2D eigenvalue weighted by Gasteiger charge is -2.15. The van der Waals surface area contributed by atoms with Gasteiger partial charge in [0.05, 0.1) is 25.5 Å². The van der Waals surface area contributed by atoms with Crippen molar-refractivity contribution in [3.8, 4) is 6.07 Å². The number of benzene rings is 1. The molecular formula is C14H17N3O3. The molecule has 0 spiro atoms. The molecule has 1 rings (SSSR count). The zero-order chi connectivity index (χ0) is 15.0. The molecule has 0 unspecified atom stereocenters. The van der Waals surface area contributed by atoms with E-state index in [1.54, 1.807) is 36.2 Å². The van der Waals surface area contributed by atoms with E-state index in [4.69, 9.17) is 10.4 Å². The number of hydrogen-bond acceptors (Lipinski definition) is 4. The molecule has 6 nitrogen and oxygen atoms in total. The van der Waals surface area contributed by atoms with E-state index in [2.05, 4.69) is 11.4 Å². The van der Waals surface area contributed by atoms with Gasteiger partial charge in [0.25, 0.3) is 0 Å². The van der Waals surface area contributed by atoms with Crippen LogP contribution in [0.4, 0.5) is 5.69 Å². The molecule has 0 bridgehead atoms. The third-order valence-corrected chi connectivity index (χ3v) is 2.64. The van der Waals surface area contributed by atoms with Crippen LogP contribution in [0.15, 0.2) is 24.3 Å². The molecule has 1 amide bonds. The molecule has 1 aromatic carbocycles. The van der Waals surface area contributed by atoms with Crippen molar-refractivity contribution in [2.75, 3.05) is 25.5 Å². The Bertz CT molecular complexity index is 505. The number of anilines is 1. The fourth-order valence-corrected chi connectivity index (χ4v) is 1.61. The molecule has 0 aliphatic carbocycles. The predicted octanol–water partition coefficient (Wildman–Crippen LogP) is 1.10. The van der Waals surface area contributed by atoms with Crippen molar-refractivity contribution in [2.45, 2.75) is 12.8 Å². The second-order valence-corrected chi connectivity index (χ2v) is 4.46. The number of aliphatic carboxylic acids is 1. The summed E-state index contributed by atoms with van der Waals surface area (Å²) in [6, 6.07) is 9.10. The minimum Gasteiger partial charge on any atom is -0.481 e. The first-order chi connectivity index (χ1) is 9.51. The number of nitrogens with one attached hydrogen (secondary N) is 1. The minimum atomic E-state index is -0.884. The first-order valence-electron chi connectivity index (χ1n) is 6.17. The molecule has 6 heteroatoms. The highest BCUT2D eigenvalue weighted by atomic mass is 16.4. The maximum absolute atomic E-state index is 11.7. The van der Waals surface area contributed by atoms with Crippen LogP contribution in [0.3, 0.4) is 0 Å². The van der Waals surface area contributed by atoms with E-state index in [1.807, 2.05) is 0 Å². The van der Waals surface area contributed by atoms with Crippen molar-refractivity contribution in [2.24, 2.45) is 0 Å². The number of likely N-dealkylation sites (N-methyl/N-ethyl adjacent to an activating group) is 1. The normalized spacial score (nSPS) is 10.1. The van der Waals surface area contributed by atoms with Gasteiger partial charge in [-0.25, -0.2) is 0 Å². The first-order valence-corrected chi connectivity index (χ1v) is 6.17. The number of carboxylic acids is 1. The average molecular weight is 275 g/mol. The SMILES string of the molecule is CN(CCC(=O)O)CC(=O)Nc1ccc(CC#N)cc1. The van der Waals surface area contributed by atoms with Gasteiger partial charge in [-0.05, 0) is 24.7 Å². The monoisotopic (exact) mass is 275 g/mol. The van der Waals surface area contributed by atoms with Gasteiger partial charge < -0.3 is 10.4 Å². The molecule has 106 valence electrons. The Kier molecular flexibility index (Phi) is 6.20. The zero-order valence-electron chi connectivity index (χ0n) is 11.3. The molecule has 0 aromatic heterocycles. The molecule has 0 fully saturated rings. The van der Waals surface area contributed by atoms with Crippen LogP contribution >= 0.6 is 0 Å². The van der Waals surface area contributed by atoms with E-state index < -0.39 is 5.97 Å². The van der Waals surface area contributed by atoms with Crippen LogP contribution in [-0.2, 0) is 16.0 Å².